The molecule has 0 aliphatic carbocycles. The summed E-state index contributed by atoms with van der Waals surface area (Å²) in [4.78, 5) is 41.4. The minimum atomic E-state index is -0.644. The van der Waals surface area contributed by atoms with E-state index in [4.69, 9.17) is 9.47 Å². The number of hydrogen-bond donors (Lipinski definition) is 1. The second-order valence-electron chi connectivity index (χ2n) is 11.5. The summed E-state index contributed by atoms with van der Waals surface area (Å²) in [7, 11) is 0. The first kappa shape index (κ1) is 30.8. The zero-order valence-electron chi connectivity index (χ0n) is 23.8. The molecule has 1 N–H and O–H groups in total. The van der Waals surface area contributed by atoms with E-state index in [-0.39, 0.29) is 36.2 Å². The maximum absolute atomic E-state index is 13.6. The first-order valence-corrected chi connectivity index (χ1v) is 14.0. The van der Waals surface area contributed by atoms with Gasteiger partial charge in [0.05, 0.1) is 25.7 Å². The molecule has 1 aromatic carbocycles. The molecule has 0 aromatic heterocycles. The Kier molecular flexibility index (Phi) is 12.6. The molecule has 0 unspecified atom stereocenters. The summed E-state index contributed by atoms with van der Waals surface area (Å²) < 4.78 is 11.4. The summed E-state index contributed by atoms with van der Waals surface area (Å²) in [5, 5.41) is 3.01. The van der Waals surface area contributed by atoms with Gasteiger partial charge in [0.15, 0.2) is 0 Å². The average molecular weight is 517 g/mol. The monoisotopic (exact) mass is 516 g/mol. The maximum Gasteiger partial charge on any atom is 0.307 e. The Labute approximate surface area is 223 Å². The third-order valence-corrected chi connectivity index (χ3v) is 6.67. The highest BCUT2D eigenvalue weighted by atomic mass is 16.6. The standard InChI is InChI=1S/C30H48N2O5/c1-7-8-10-16-24(19-26(33)37-30(4,5)6)28(34)31-27(22(2)3)29(35)32-18-13-17-25(32)21-36-20-23-14-11-9-12-15-23/h9,11-12,14-15,22,24-25,27H,7-8,10,13,16-21H2,1-6H3,(H,31,34)/t24-,25+,27+/m1/s1. The van der Waals surface area contributed by atoms with Crippen molar-refractivity contribution in [2.24, 2.45) is 11.8 Å². The number of hydrogen-bond acceptors (Lipinski definition) is 5. The lowest BCUT2D eigenvalue weighted by Gasteiger charge is -2.32. The summed E-state index contributed by atoms with van der Waals surface area (Å²) >= 11 is 0. The van der Waals surface area contributed by atoms with Crippen molar-refractivity contribution in [1.82, 2.24) is 10.2 Å². The van der Waals surface area contributed by atoms with Gasteiger partial charge in [0.25, 0.3) is 0 Å². The van der Waals surface area contributed by atoms with Crippen molar-refractivity contribution < 1.29 is 23.9 Å². The molecule has 7 nitrogen and oxygen atoms in total. The molecule has 2 rings (SSSR count). The topological polar surface area (TPSA) is 84.9 Å². The zero-order valence-corrected chi connectivity index (χ0v) is 23.8. The maximum atomic E-state index is 13.6. The largest absolute Gasteiger partial charge is 0.460 e. The van der Waals surface area contributed by atoms with Gasteiger partial charge in [-0.2, -0.15) is 0 Å². The molecule has 2 amide bonds. The molecule has 7 heteroatoms. The smallest absolute Gasteiger partial charge is 0.307 e. The molecule has 208 valence electrons. The van der Waals surface area contributed by atoms with Gasteiger partial charge in [0.2, 0.25) is 11.8 Å². The van der Waals surface area contributed by atoms with Gasteiger partial charge in [0, 0.05) is 12.5 Å². The van der Waals surface area contributed by atoms with Gasteiger partial charge in [-0.05, 0) is 51.5 Å². The molecule has 3 atom stereocenters. The van der Waals surface area contributed by atoms with Gasteiger partial charge in [-0.1, -0.05) is 70.4 Å². The minimum absolute atomic E-state index is 0.00326. The molecule has 0 spiro atoms. The molecule has 0 radical (unpaired) electrons. The number of nitrogens with zero attached hydrogens (tertiary/aromatic N) is 1. The van der Waals surface area contributed by atoms with E-state index in [0.29, 0.717) is 26.2 Å². The number of benzene rings is 1. The fourth-order valence-electron chi connectivity index (χ4n) is 4.70. The minimum Gasteiger partial charge on any atom is -0.460 e. The summed E-state index contributed by atoms with van der Waals surface area (Å²) in [5.74, 6) is -1.30. The Morgan fingerprint density at radius 1 is 1.11 bits per heavy atom. The molecule has 0 saturated carbocycles. The summed E-state index contributed by atoms with van der Waals surface area (Å²) in [6.07, 6.45) is 5.28. The van der Waals surface area contributed by atoms with Crippen LogP contribution in [0.4, 0.5) is 0 Å². The number of rotatable bonds is 14. The highest BCUT2D eigenvalue weighted by molar-refractivity contribution is 5.90. The van der Waals surface area contributed by atoms with Crippen LogP contribution < -0.4 is 5.32 Å². The first-order valence-electron chi connectivity index (χ1n) is 14.0. The zero-order chi connectivity index (χ0) is 27.4. The lowest BCUT2D eigenvalue weighted by Crippen LogP contribution is -2.54. The quantitative estimate of drug-likeness (QED) is 0.269. The Morgan fingerprint density at radius 3 is 2.43 bits per heavy atom. The summed E-state index contributed by atoms with van der Waals surface area (Å²) in [6.45, 7) is 13.1. The Balaban J connectivity index is 2.02. The Hall–Kier alpha value is -2.41. The average Bonchev–Trinajstić information content (AvgIpc) is 3.29. The molecule has 1 fully saturated rings. The molecule has 0 bridgehead atoms. The van der Waals surface area contributed by atoms with Crippen LogP contribution >= 0.6 is 0 Å². The molecular formula is C30H48N2O5. The molecular weight excluding hydrogens is 468 g/mol. The lowest BCUT2D eigenvalue weighted by molar-refractivity contribution is -0.157. The van der Waals surface area contributed by atoms with E-state index >= 15 is 0 Å². The van der Waals surface area contributed by atoms with Crippen molar-refractivity contribution in [3.05, 3.63) is 35.9 Å². The number of ether oxygens (including phenoxy) is 2. The van der Waals surface area contributed by atoms with Crippen LogP contribution in [-0.2, 0) is 30.5 Å². The van der Waals surface area contributed by atoms with Gasteiger partial charge >= 0.3 is 5.97 Å². The van der Waals surface area contributed by atoms with E-state index in [0.717, 1.165) is 37.7 Å². The van der Waals surface area contributed by atoms with E-state index in [1.54, 1.807) is 0 Å². The van der Waals surface area contributed by atoms with Crippen LogP contribution in [-0.4, -0.2) is 53.5 Å². The van der Waals surface area contributed by atoms with Crippen molar-refractivity contribution in [2.75, 3.05) is 13.2 Å². The van der Waals surface area contributed by atoms with Gasteiger partial charge in [-0.15, -0.1) is 0 Å². The summed E-state index contributed by atoms with van der Waals surface area (Å²) in [6, 6.07) is 9.34. The van der Waals surface area contributed by atoms with Crippen LogP contribution in [0, 0.1) is 11.8 Å². The fourth-order valence-corrected chi connectivity index (χ4v) is 4.70. The highest BCUT2D eigenvalue weighted by Crippen LogP contribution is 2.23. The number of amides is 2. The molecule has 1 aliphatic rings. The normalized spacial score (nSPS) is 17.5. The number of unbranched alkanes of at least 4 members (excludes halogenated alkanes) is 2. The van der Waals surface area contributed by atoms with E-state index < -0.39 is 17.6 Å². The van der Waals surface area contributed by atoms with Crippen molar-refractivity contribution in [3.8, 4) is 0 Å². The second kappa shape index (κ2) is 15.1. The van der Waals surface area contributed by atoms with Gasteiger partial charge in [0.1, 0.15) is 11.6 Å². The third-order valence-electron chi connectivity index (χ3n) is 6.67. The van der Waals surface area contributed by atoms with Crippen molar-refractivity contribution in [3.63, 3.8) is 0 Å². The van der Waals surface area contributed by atoms with Gasteiger partial charge in [-0.3, -0.25) is 14.4 Å². The predicted octanol–water partition coefficient (Wildman–Crippen LogP) is 5.26. The van der Waals surface area contributed by atoms with E-state index in [1.165, 1.54) is 0 Å². The molecule has 1 heterocycles. The SMILES string of the molecule is CCCCC[C@H](CC(=O)OC(C)(C)C)C(=O)N[C@H](C(=O)N1CCC[C@H]1COCc1ccccc1)C(C)C. The number of carbonyl (C=O) groups excluding carboxylic acids is 3. The lowest BCUT2D eigenvalue weighted by atomic mass is 9.94. The predicted molar refractivity (Wildman–Crippen MR) is 146 cm³/mol. The van der Waals surface area contributed by atoms with Crippen LogP contribution in [0.5, 0.6) is 0 Å². The second-order valence-corrected chi connectivity index (χ2v) is 11.5. The van der Waals surface area contributed by atoms with Crippen molar-refractivity contribution in [1.29, 1.82) is 0 Å². The Bertz CT molecular complexity index is 849. The fraction of sp³-hybridized carbons (Fsp3) is 0.700. The van der Waals surface area contributed by atoms with Gasteiger partial charge < -0.3 is 19.7 Å². The molecule has 1 aromatic rings. The van der Waals surface area contributed by atoms with Crippen molar-refractivity contribution >= 4 is 17.8 Å². The van der Waals surface area contributed by atoms with Crippen LogP contribution in [0.3, 0.4) is 0 Å². The van der Waals surface area contributed by atoms with Gasteiger partial charge in [-0.25, -0.2) is 0 Å². The van der Waals surface area contributed by atoms with E-state index in [9.17, 15) is 14.4 Å². The number of nitrogens with one attached hydrogen (secondary N) is 1. The highest BCUT2D eigenvalue weighted by Gasteiger charge is 2.36. The number of esters is 1. The number of carbonyl (C=O) groups is 3. The molecule has 37 heavy (non-hydrogen) atoms. The van der Waals surface area contributed by atoms with Crippen LogP contribution in [0.15, 0.2) is 30.3 Å². The first-order chi connectivity index (χ1) is 17.5. The van der Waals surface area contributed by atoms with Crippen LogP contribution in [0.25, 0.3) is 0 Å². The molecule has 1 saturated heterocycles. The molecule has 1 aliphatic heterocycles. The number of likely N-dealkylation sites (tertiary alicyclic amines) is 1. The third kappa shape index (κ3) is 10.8. The van der Waals surface area contributed by atoms with Crippen LogP contribution in [0.1, 0.15) is 92.1 Å². The van der Waals surface area contributed by atoms with E-state index in [2.05, 4.69) is 12.2 Å². The van der Waals surface area contributed by atoms with E-state index in [1.807, 2.05) is 69.9 Å². The Morgan fingerprint density at radius 2 is 1.81 bits per heavy atom. The van der Waals surface area contributed by atoms with Crippen LogP contribution in [0.2, 0.25) is 0 Å². The summed E-state index contributed by atoms with van der Waals surface area (Å²) in [5.41, 5.74) is 0.496. The van der Waals surface area contributed by atoms with Crippen molar-refractivity contribution in [2.45, 2.75) is 111 Å².